The van der Waals surface area contributed by atoms with E-state index in [1.165, 1.54) is 34.5 Å². The number of nitrogens with zero attached hydrogens (tertiary/aromatic N) is 2. The van der Waals surface area contributed by atoms with E-state index < -0.39 is 39.9 Å². The van der Waals surface area contributed by atoms with Crippen LogP contribution in [0.4, 0.5) is 29.3 Å². The van der Waals surface area contributed by atoms with E-state index in [-0.39, 0.29) is 54.2 Å². The summed E-state index contributed by atoms with van der Waals surface area (Å²) >= 11 is 0. The second kappa shape index (κ2) is 14.1. The molecule has 1 aliphatic rings. The molecule has 0 spiro atoms. The zero-order chi connectivity index (χ0) is 33.8. The Balaban J connectivity index is 1.58. The summed E-state index contributed by atoms with van der Waals surface area (Å²) < 4.78 is 73.0. The van der Waals surface area contributed by atoms with Crippen molar-refractivity contribution < 1.29 is 41.0 Å². The quantitative estimate of drug-likeness (QED) is 0.307. The van der Waals surface area contributed by atoms with E-state index in [0.717, 1.165) is 29.8 Å². The minimum Gasteiger partial charge on any atom is -0.488 e. The Morgan fingerprint density at radius 2 is 1.67 bits per heavy atom. The van der Waals surface area contributed by atoms with Crippen molar-refractivity contribution in [2.24, 2.45) is 5.92 Å². The van der Waals surface area contributed by atoms with Gasteiger partial charge < -0.3 is 25.4 Å². The molecule has 0 bridgehead atoms. The third-order valence-corrected chi connectivity index (χ3v) is 9.65. The second-order valence-electron chi connectivity index (χ2n) is 11.5. The van der Waals surface area contributed by atoms with Crippen molar-refractivity contribution in [1.82, 2.24) is 9.21 Å². The number of carbonyl (C=O) groups excluding carboxylic acids is 2. The molecule has 1 heterocycles. The summed E-state index contributed by atoms with van der Waals surface area (Å²) in [7, 11) is -2.41. The Bertz CT molecular complexity index is 1650. The van der Waals surface area contributed by atoms with Gasteiger partial charge in [-0.15, -0.1) is 0 Å². The van der Waals surface area contributed by atoms with Gasteiger partial charge in [0.1, 0.15) is 11.9 Å². The molecule has 3 atom stereocenters. The third kappa shape index (κ3) is 8.36. The summed E-state index contributed by atoms with van der Waals surface area (Å²) in [5, 5.41) is 15.0. The number of urea groups is 1. The number of sulfonamides is 1. The fraction of sp³-hybridized carbons (Fsp3) is 0.375. The number of rotatable bonds is 8. The monoisotopic (exact) mass is 662 g/mol. The van der Waals surface area contributed by atoms with Gasteiger partial charge in [-0.2, -0.15) is 17.5 Å². The smallest absolute Gasteiger partial charge is 0.416 e. The molecule has 248 valence electrons. The average molecular weight is 663 g/mol. The van der Waals surface area contributed by atoms with E-state index in [9.17, 15) is 36.3 Å². The number of ether oxygens (including phenoxy) is 1. The summed E-state index contributed by atoms with van der Waals surface area (Å²) in [6.45, 7) is 5.27. The first-order valence-corrected chi connectivity index (χ1v) is 16.0. The number of hydrogen-bond acceptors (Lipinski definition) is 6. The Hall–Kier alpha value is -4.14. The van der Waals surface area contributed by atoms with E-state index >= 15 is 0 Å². The normalized spacial score (nSPS) is 18.1. The van der Waals surface area contributed by atoms with Crippen LogP contribution in [0.2, 0.25) is 0 Å². The van der Waals surface area contributed by atoms with Crippen LogP contribution in [0.25, 0.3) is 0 Å². The number of likely N-dealkylation sites (N-methyl/N-ethyl adjacent to an activating group) is 1. The molecule has 3 aromatic rings. The van der Waals surface area contributed by atoms with Gasteiger partial charge in [0.15, 0.2) is 0 Å². The maximum absolute atomic E-state index is 13.5. The maximum Gasteiger partial charge on any atom is 0.416 e. The van der Waals surface area contributed by atoms with E-state index in [2.05, 4.69) is 10.6 Å². The molecule has 0 radical (unpaired) electrons. The summed E-state index contributed by atoms with van der Waals surface area (Å²) in [6.07, 6.45) is -5.34. The molecule has 0 aliphatic carbocycles. The lowest BCUT2D eigenvalue weighted by molar-refractivity contribution is -0.137. The molecule has 0 saturated carbocycles. The number of aliphatic hydroxyl groups excluding tert-OH is 1. The van der Waals surface area contributed by atoms with E-state index in [1.54, 1.807) is 31.2 Å². The molecule has 3 aromatic carbocycles. The predicted octanol–water partition coefficient (Wildman–Crippen LogP) is 5.13. The highest BCUT2D eigenvalue weighted by atomic mass is 32.2. The molecule has 14 heteroatoms. The van der Waals surface area contributed by atoms with Gasteiger partial charge >= 0.3 is 12.2 Å². The van der Waals surface area contributed by atoms with Crippen LogP contribution in [0, 0.1) is 12.8 Å². The fourth-order valence-corrected chi connectivity index (χ4v) is 6.19. The number of carbonyl (C=O) groups is 2. The second-order valence-corrected chi connectivity index (χ2v) is 13.5. The lowest BCUT2D eigenvalue weighted by Crippen LogP contribution is -2.48. The highest BCUT2D eigenvalue weighted by Gasteiger charge is 2.34. The van der Waals surface area contributed by atoms with Gasteiger partial charge in [-0.05, 0) is 68.4 Å². The molecule has 4 rings (SSSR count). The largest absolute Gasteiger partial charge is 0.488 e. The molecule has 1 aliphatic heterocycles. The molecule has 0 saturated heterocycles. The first-order chi connectivity index (χ1) is 21.6. The van der Waals surface area contributed by atoms with Crippen molar-refractivity contribution in [2.75, 3.05) is 37.4 Å². The predicted molar refractivity (Wildman–Crippen MR) is 167 cm³/mol. The van der Waals surface area contributed by atoms with E-state index in [0.29, 0.717) is 11.3 Å². The number of nitrogens with one attached hydrogen (secondary N) is 2. The zero-order valence-corrected chi connectivity index (χ0v) is 26.7. The lowest BCUT2D eigenvalue weighted by atomic mass is 10.0. The number of hydrogen-bond donors (Lipinski definition) is 3. The first kappa shape index (κ1) is 34.7. The zero-order valence-electron chi connectivity index (χ0n) is 25.8. The van der Waals surface area contributed by atoms with Crippen LogP contribution in [0.15, 0.2) is 71.6 Å². The first-order valence-electron chi connectivity index (χ1n) is 14.6. The van der Waals surface area contributed by atoms with Crippen LogP contribution in [0.5, 0.6) is 5.75 Å². The molecular weight excluding hydrogens is 625 g/mol. The van der Waals surface area contributed by atoms with Gasteiger partial charge in [-0.3, -0.25) is 4.79 Å². The fourth-order valence-electron chi connectivity index (χ4n) is 5.00. The topological polar surface area (TPSA) is 128 Å². The van der Waals surface area contributed by atoms with Gasteiger partial charge in [0, 0.05) is 36.4 Å². The Morgan fingerprint density at radius 3 is 2.28 bits per heavy atom. The molecule has 0 unspecified atom stereocenters. The van der Waals surface area contributed by atoms with Crippen LogP contribution in [-0.4, -0.2) is 73.6 Å². The minimum atomic E-state index is -4.51. The molecular formula is C32H37F3N4O6S. The number of benzene rings is 3. The minimum absolute atomic E-state index is 0.0398. The molecule has 10 nitrogen and oxygen atoms in total. The molecule has 3 N–H and O–H groups in total. The standard InChI is InChI=1S/C32H37F3N4O6S/c1-20-5-12-27(13-6-20)46(43,44)38(4)18-29-21(2)17-39(22(3)19-40)30(41)16-23-15-26(11-14-28(23)45-29)37-31(42)36-25-9-7-24(8-10-25)32(33,34)35/h5-15,21-22,29,40H,16-19H2,1-4H3,(H2,36,37,42)/t21-,22-,29-/m0/s1. The van der Waals surface area contributed by atoms with E-state index in [4.69, 9.17) is 4.74 Å². The average Bonchev–Trinajstić information content (AvgIpc) is 3.04. The number of anilines is 2. The summed E-state index contributed by atoms with van der Waals surface area (Å²) in [4.78, 5) is 27.8. The number of aryl methyl sites for hydroxylation is 1. The van der Waals surface area contributed by atoms with Gasteiger partial charge in [0.2, 0.25) is 15.9 Å². The molecule has 0 fully saturated rings. The third-order valence-electron chi connectivity index (χ3n) is 7.81. The van der Waals surface area contributed by atoms with Gasteiger partial charge in [0.05, 0.1) is 36.1 Å². The number of alkyl halides is 3. The van der Waals surface area contributed by atoms with E-state index in [1.807, 2.05) is 13.8 Å². The number of fused-ring (bicyclic) bond motifs is 1. The number of amides is 3. The Kier molecular flexibility index (Phi) is 10.6. The molecule has 46 heavy (non-hydrogen) atoms. The Labute approximate surface area is 266 Å². The van der Waals surface area contributed by atoms with Crippen LogP contribution >= 0.6 is 0 Å². The molecule has 3 amide bonds. The summed E-state index contributed by atoms with van der Waals surface area (Å²) in [6, 6.07) is 13.9. The van der Waals surface area contributed by atoms with Crippen molar-refractivity contribution in [1.29, 1.82) is 0 Å². The number of aliphatic hydroxyl groups is 1. The van der Waals surface area contributed by atoms with Crippen LogP contribution in [-0.2, 0) is 27.4 Å². The van der Waals surface area contributed by atoms with Gasteiger partial charge in [-0.25, -0.2) is 13.2 Å². The van der Waals surface area contributed by atoms with Crippen molar-refractivity contribution >= 4 is 33.3 Å². The van der Waals surface area contributed by atoms with Crippen molar-refractivity contribution in [3.05, 3.63) is 83.4 Å². The summed E-state index contributed by atoms with van der Waals surface area (Å²) in [5.41, 5.74) is 0.902. The van der Waals surface area contributed by atoms with Gasteiger partial charge in [-0.1, -0.05) is 24.6 Å². The highest BCUT2D eigenvalue weighted by molar-refractivity contribution is 7.89. The highest BCUT2D eigenvalue weighted by Crippen LogP contribution is 2.31. The van der Waals surface area contributed by atoms with Crippen LogP contribution in [0.1, 0.15) is 30.5 Å². The SMILES string of the molecule is Cc1ccc(S(=O)(=O)N(C)C[C@@H]2Oc3ccc(NC(=O)Nc4ccc(C(F)(F)F)cc4)cc3CC(=O)N([C@@H](C)CO)C[C@@H]2C)cc1. The maximum atomic E-state index is 13.5. The van der Waals surface area contributed by atoms with Crippen molar-refractivity contribution in [3.63, 3.8) is 0 Å². The lowest BCUT2D eigenvalue weighted by Gasteiger charge is -2.33. The van der Waals surface area contributed by atoms with Crippen molar-refractivity contribution in [2.45, 2.75) is 50.4 Å². The van der Waals surface area contributed by atoms with Crippen LogP contribution in [0.3, 0.4) is 0 Å². The molecule has 0 aromatic heterocycles. The van der Waals surface area contributed by atoms with Gasteiger partial charge in [0.25, 0.3) is 0 Å². The van der Waals surface area contributed by atoms with Crippen LogP contribution < -0.4 is 15.4 Å². The Morgan fingerprint density at radius 1 is 1.07 bits per heavy atom. The van der Waals surface area contributed by atoms with Crippen molar-refractivity contribution in [3.8, 4) is 5.75 Å². The number of halogens is 3. The summed E-state index contributed by atoms with van der Waals surface area (Å²) in [5.74, 6) is -0.337.